The molecule has 2 heteroatoms. The smallest absolute Gasteiger partial charge is 0.123 e. The molecule has 0 radical (unpaired) electrons. The molecule has 0 saturated heterocycles. The maximum atomic E-state index is 10.7. The molecule has 4 rings (SSSR count). The summed E-state index contributed by atoms with van der Waals surface area (Å²) in [6.07, 6.45) is 12.4. The predicted molar refractivity (Wildman–Crippen MR) is 139 cm³/mol. The normalized spacial score (nSPS) is 11.2. The van der Waals surface area contributed by atoms with Crippen LogP contribution in [0.25, 0.3) is 36.5 Å². The van der Waals surface area contributed by atoms with E-state index in [9.17, 15) is 5.11 Å². The standard InChI is InChI=1S/C30H24O.H3N/c31-30-23-20-27(19-16-24-10-4-1-5-11-24)28(21-17-25-12-6-2-7-13-25)29(30)22-18-26-14-8-3-9-15-26;/h1-23,31H;1H3. The van der Waals surface area contributed by atoms with Gasteiger partial charge in [0.25, 0.3) is 0 Å². The van der Waals surface area contributed by atoms with Crippen molar-refractivity contribution in [3.8, 4) is 5.75 Å². The second-order valence-electron chi connectivity index (χ2n) is 7.23. The van der Waals surface area contributed by atoms with Crippen molar-refractivity contribution in [3.05, 3.63) is 137 Å². The van der Waals surface area contributed by atoms with Gasteiger partial charge in [-0.25, -0.2) is 0 Å². The van der Waals surface area contributed by atoms with Crippen LogP contribution >= 0.6 is 0 Å². The van der Waals surface area contributed by atoms with Gasteiger partial charge in [-0.1, -0.05) is 134 Å². The highest BCUT2D eigenvalue weighted by atomic mass is 16.3. The van der Waals surface area contributed by atoms with Gasteiger partial charge >= 0.3 is 0 Å². The molecule has 0 atom stereocenters. The Labute approximate surface area is 190 Å². The van der Waals surface area contributed by atoms with Gasteiger partial charge in [0.2, 0.25) is 0 Å². The quantitative estimate of drug-likeness (QED) is 0.312. The van der Waals surface area contributed by atoms with E-state index in [2.05, 4.69) is 48.6 Å². The molecule has 0 aliphatic rings. The van der Waals surface area contributed by atoms with Crippen LogP contribution < -0.4 is 6.15 Å². The van der Waals surface area contributed by atoms with Gasteiger partial charge in [-0.2, -0.15) is 0 Å². The first-order valence-corrected chi connectivity index (χ1v) is 10.3. The van der Waals surface area contributed by atoms with Crippen molar-refractivity contribution in [2.75, 3.05) is 0 Å². The van der Waals surface area contributed by atoms with Crippen molar-refractivity contribution < 1.29 is 5.11 Å². The number of hydrogen-bond acceptors (Lipinski definition) is 2. The Morgan fingerprint density at radius 2 is 0.812 bits per heavy atom. The highest BCUT2D eigenvalue weighted by molar-refractivity contribution is 5.87. The van der Waals surface area contributed by atoms with E-state index in [4.69, 9.17) is 0 Å². The Bertz CT molecular complexity index is 1210. The van der Waals surface area contributed by atoms with Crippen LogP contribution in [-0.4, -0.2) is 5.11 Å². The summed E-state index contributed by atoms with van der Waals surface area (Å²) in [6.45, 7) is 0. The lowest BCUT2D eigenvalue weighted by Crippen LogP contribution is -1.88. The molecule has 0 bridgehead atoms. The molecule has 0 aliphatic carbocycles. The van der Waals surface area contributed by atoms with E-state index >= 15 is 0 Å². The number of aromatic hydroxyl groups is 1. The summed E-state index contributed by atoms with van der Waals surface area (Å²) < 4.78 is 0. The van der Waals surface area contributed by atoms with Gasteiger partial charge in [-0.05, 0) is 33.9 Å². The lowest BCUT2D eigenvalue weighted by molar-refractivity contribution is 0.474. The first-order valence-electron chi connectivity index (χ1n) is 10.3. The van der Waals surface area contributed by atoms with Crippen LogP contribution in [0.3, 0.4) is 0 Å². The summed E-state index contributed by atoms with van der Waals surface area (Å²) in [6, 6.07) is 34.2. The summed E-state index contributed by atoms with van der Waals surface area (Å²) in [5.41, 5.74) is 6.15. The number of hydrogen-bond donors (Lipinski definition) is 2. The lowest BCUT2D eigenvalue weighted by atomic mass is 9.96. The minimum Gasteiger partial charge on any atom is -0.507 e. The van der Waals surface area contributed by atoms with Crippen LogP contribution in [0.5, 0.6) is 5.75 Å². The Morgan fingerprint density at radius 3 is 1.28 bits per heavy atom. The zero-order valence-corrected chi connectivity index (χ0v) is 17.9. The number of rotatable bonds is 6. The Hall–Kier alpha value is -4.14. The molecule has 0 heterocycles. The van der Waals surface area contributed by atoms with Crippen molar-refractivity contribution in [2.45, 2.75) is 0 Å². The van der Waals surface area contributed by atoms with E-state index in [0.29, 0.717) is 0 Å². The van der Waals surface area contributed by atoms with Crippen molar-refractivity contribution >= 4 is 36.5 Å². The Kier molecular flexibility index (Phi) is 7.96. The third kappa shape index (κ3) is 5.94. The van der Waals surface area contributed by atoms with Crippen LogP contribution in [0.4, 0.5) is 0 Å². The lowest BCUT2D eigenvalue weighted by Gasteiger charge is -2.09. The molecule has 4 aromatic carbocycles. The average Bonchev–Trinajstić information content (AvgIpc) is 2.83. The largest absolute Gasteiger partial charge is 0.507 e. The molecule has 32 heavy (non-hydrogen) atoms. The third-order valence-electron chi connectivity index (χ3n) is 5.04. The summed E-state index contributed by atoms with van der Waals surface area (Å²) >= 11 is 0. The summed E-state index contributed by atoms with van der Waals surface area (Å²) in [7, 11) is 0. The van der Waals surface area contributed by atoms with Crippen LogP contribution in [0, 0.1) is 0 Å². The molecule has 0 fully saturated rings. The third-order valence-corrected chi connectivity index (χ3v) is 5.04. The van der Waals surface area contributed by atoms with E-state index in [-0.39, 0.29) is 11.9 Å². The number of phenols is 1. The van der Waals surface area contributed by atoms with Gasteiger partial charge in [-0.15, -0.1) is 0 Å². The predicted octanol–water partition coefficient (Wildman–Crippen LogP) is 8.07. The second kappa shape index (κ2) is 11.3. The van der Waals surface area contributed by atoms with Gasteiger partial charge in [0.05, 0.1) is 0 Å². The maximum absolute atomic E-state index is 10.7. The van der Waals surface area contributed by atoms with Crippen molar-refractivity contribution in [3.63, 3.8) is 0 Å². The molecule has 0 spiro atoms. The fraction of sp³-hybridized carbons (Fsp3) is 0. The minimum atomic E-state index is 0. The van der Waals surface area contributed by atoms with Crippen LogP contribution in [0.15, 0.2) is 103 Å². The molecule has 0 amide bonds. The van der Waals surface area contributed by atoms with Crippen molar-refractivity contribution in [2.24, 2.45) is 0 Å². The molecular formula is C30H27NO. The molecule has 4 N–H and O–H groups in total. The zero-order valence-electron chi connectivity index (χ0n) is 17.9. The van der Waals surface area contributed by atoms with Gasteiger partial charge in [0.1, 0.15) is 5.75 Å². The van der Waals surface area contributed by atoms with Gasteiger partial charge in [-0.3, -0.25) is 0 Å². The molecule has 158 valence electrons. The van der Waals surface area contributed by atoms with Crippen molar-refractivity contribution in [1.82, 2.24) is 6.15 Å². The topological polar surface area (TPSA) is 55.2 Å². The van der Waals surface area contributed by atoms with E-state index in [1.54, 1.807) is 6.07 Å². The molecule has 0 aromatic heterocycles. The number of benzene rings is 4. The van der Waals surface area contributed by atoms with Crippen LogP contribution in [0.2, 0.25) is 0 Å². The first kappa shape index (κ1) is 22.5. The second-order valence-corrected chi connectivity index (χ2v) is 7.23. The monoisotopic (exact) mass is 417 g/mol. The van der Waals surface area contributed by atoms with E-state index in [1.165, 1.54) is 0 Å². The molecule has 2 nitrogen and oxygen atoms in total. The highest BCUT2D eigenvalue weighted by Gasteiger charge is 2.08. The highest BCUT2D eigenvalue weighted by Crippen LogP contribution is 2.30. The van der Waals surface area contributed by atoms with Gasteiger partial charge < -0.3 is 11.3 Å². The van der Waals surface area contributed by atoms with Crippen LogP contribution in [-0.2, 0) is 0 Å². The fourth-order valence-electron chi connectivity index (χ4n) is 3.39. The van der Waals surface area contributed by atoms with E-state index in [0.717, 1.165) is 33.4 Å². The fourth-order valence-corrected chi connectivity index (χ4v) is 3.39. The maximum Gasteiger partial charge on any atom is 0.123 e. The number of phenolic OH excluding ortho intramolecular Hbond substituents is 1. The van der Waals surface area contributed by atoms with E-state index in [1.807, 2.05) is 84.9 Å². The zero-order chi connectivity index (χ0) is 21.3. The summed E-state index contributed by atoms with van der Waals surface area (Å²) in [4.78, 5) is 0. The molecule has 0 saturated carbocycles. The molecule has 0 aliphatic heterocycles. The SMILES string of the molecule is N.Oc1ccc(C=Cc2ccccc2)c(C=Cc2ccccc2)c1C=Cc1ccccc1. The molecule has 4 aromatic rings. The van der Waals surface area contributed by atoms with Gasteiger partial charge in [0, 0.05) is 5.56 Å². The van der Waals surface area contributed by atoms with E-state index < -0.39 is 0 Å². The first-order chi connectivity index (χ1) is 15.3. The van der Waals surface area contributed by atoms with Crippen molar-refractivity contribution in [1.29, 1.82) is 0 Å². The summed E-state index contributed by atoms with van der Waals surface area (Å²) in [5, 5.41) is 10.7. The minimum absolute atomic E-state index is 0. The van der Waals surface area contributed by atoms with Crippen LogP contribution in [0.1, 0.15) is 33.4 Å². The average molecular weight is 418 g/mol. The summed E-state index contributed by atoms with van der Waals surface area (Å²) in [5.74, 6) is 0.261. The Balaban J connectivity index is 0.00000289. The van der Waals surface area contributed by atoms with Gasteiger partial charge in [0.15, 0.2) is 0 Å². The Morgan fingerprint density at radius 1 is 0.406 bits per heavy atom. The molecular weight excluding hydrogens is 390 g/mol. The molecule has 0 unspecified atom stereocenters.